The quantitative estimate of drug-likeness (QED) is 0.352. The van der Waals surface area contributed by atoms with Crippen LogP contribution in [0.5, 0.6) is 0 Å². The van der Waals surface area contributed by atoms with E-state index in [0.29, 0.717) is 17.2 Å². The maximum absolute atomic E-state index is 13.0. The first-order valence-corrected chi connectivity index (χ1v) is 11.3. The molecule has 0 saturated heterocycles. The molecule has 31 heavy (non-hydrogen) atoms. The lowest BCUT2D eigenvalue weighted by atomic mass is 9.97. The number of anilines is 1. The average Bonchev–Trinajstić information content (AvgIpc) is 2.77. The Morgan fingerprint density at radius 1 is 1.00 bits per heavy atom. The number of hydrogen-bond donors (Lipinski definition) is 1. The molecule has 1 N–H and O–H groups in total. The summed E-state index contributed by atoms with van der Waals surface area (Å²) in [7, 11) is 0. The highest BCUT2D eigenvalue weighted by Gasteiger charge is 2.14. The summed E-state index contributed by atoms with van der Waals surface area (Å²) in [6.07, 6.45) is 3.55. The van der Waals surface area contributed by atoms with E-state index in [1.54, 1.807) is 24.0 Å². The molecule has 1 amide bonds. The molecule has 4 rings (SSSR count). The van der Waals surface area contributed by atoms with Crippen molar-refractivity contribution in [3.05, 3.63) is 95.3 Å². The molecule has 0 aliphatic carbocycles. The van der Waals surface area contributed by atoms with Gasteiger partial charge >= 0.3 is 0 Å². The van der Waals surface area contributed by atoms with Gasteiger partial charge in [0.1, 0.15) is 5.03 Å². The highest BCUT2D eigenvalue weighted by molar-refractivity contribution is 7.98. The Labute approximate surface area is 187 Å². The molecule has 0 unspecified atom stereocenters. The Bertz CT molecular complexity index is 1230. The number of thioether (sulfide) groups is 1. The number of aromatic nitrogens is 2. The Morgan fingerprint density at radius 2 is 1.84 bits per heavy atom. The summed E-state index contributed by atoms with van der Waals surface area (Å²) in [5.74, 6) is 1.02. The third-order valence-corrected chi connectivity index (χ3v) is 6.32. The van der Waals surface area contributed by atoms with Gasteiger partial charge in [-0.3, -0.25) is 9.78 Å². The predicted octanol–water partition coefficient (Wildman–Crippen LogP) is 6.61. The molecule has 0 fully saturated rings. The molecule has 4 nitrogen and oxygen atoms in total. The third-order valence-electron chi connectivity index (χ3n) is 5.27. The molecule has 0 atom stereocenters. The fourth-order valence-electron chi connectivity index (χ4n) is 3.71. The van der Waals surface area contributed by atoms with Crippen LogP contribution < -0.4 is 5.32 Å². The summed E-state index contributed by atoms with van der Waals surface area (Å²) < 4.78 is 0. The van der Waals surface area contributed by atoms with E-state index in [-0.39, 0.29) is 5.91 Å². The molecule has 4 aromatic rings. The summed E-state index contributed by atoms with van der Waals surface area (Å²) in [6, 6.07) is 19.8. The van der Waals surface area contributed by atoms with Crippen LogP contribution in [0, 0.1) is 6.92 Å². The Kier molecular flexibility index (Phi) is 6.33. The van der Waals surface area contributed by atoms with Crippen molar-refractivity contribution in [1.82, 2.24) is 9.97 Å². The minimum absolute atomic E-state index is 0.146. The monoisotopic (exact) mass is 427 g/mol. The van der Waals surface area contributed by atoms with Gasteiger partial charge in [-0.2, -0.15) is 0 Å². The molecule has 0 bridgehead atoms. The number of nitrogens with one attached hydrogen (secondary N) is 1. The van der Waals surface area contributed by atoms with Crippen molar-refractivity contribution in [2.45, 2.75) is 37.5 Å². The predicted molar refractivity (Wildman–Crippen MR) is 129 cm³/mol. The molecule has 2 aromatic carbocycles. The highest BCUT2D eigenvalue weighted by Crippen LogP contribution is 2.28. The maximum Gasteiger partial charge on any atom is 0.258 e. The van der Waals surface area contributed by atoms with E-state index >= 15 is 0 Å². The fraction of sp³-hybridized carbons (Fsp3) is 0.192. The second-order valence-electron chi connectivity index (χ2n) is 7.81. The second kappa shape index (κ2) is 9.31. The third kappa shape index (κ3) is 4.78. The number of amides is 1. The van der Waals surface area contributed by atoms with Crippen molar-refractivity contribution >= 4 is 34.3 Å². The standard InChI is InChI=1S/C26H25N3OS/c1-17(2)21-11-10-20(15-18(21)3)29-25(30)23-8-6-13-28-26(23)31-16-19-12-14-27-24-9-5-4-7-22(19)24/h4-15,17H,16H2,1-3H3,(H,29,30). The first-order valence-electron chi connectivity index (χ1n) is 10.4. The lowest BCUT2D eigenvalue weighted by Crippen LogP contribution is -2.14. The van der Waals surface area contributed by atoms with Gasteiger partial charge in [-0.15, -0.1) is 11.8 Å². The van der Waals surface area contributed by atoms with Gasteiger partial charge in [0.25, 0.3) is 5.91 Å². The van der Waals surface area contributed by atoms with E-state index in [4.69, 9.17) is 0 Å². The molecule has 0 aliphatic rings. The van der Waals surface area contributed by atoms with E-state index in [1.165, 1.54) is 16.7 Å². The van der Waals surface area contributed by atoms with Crippen LogP contribution in [0.3, 0.4) is 0 Å². The van der Waals surface area contributed by atoms with Crippen molar-refractivity contribution in [3.63, 3.8) is 0 Å². The number of nitrogens with zero attached hydrogens (tertiary/aromatic N) is 2. The summed E-state index contributed by atoms with van der Waals surface area (Å²) in [5.41, 5.74) is 5.99. The fourth-order valence-corrected chi connectivity index (χ4v) is 4.70. The molecule has 2 heterocycles. The number of rotatable bonds is 6. The van der Waals surface area contributed by atoms with E-state index < -0.39 is 0 Å². The zero-order valence-corrected chi connectivity index (χ0v) is 18.7. The van der Waals surface area contributed by atoms with Crippen molar-refractivity contribution in [2.75, 3.05) is 5.32 Å². The van der Waals surface area contributed by atoms with Crippen LogP contribution in [-0.4, -0.2) is 15.9 Å². The van der Waals surface area contributed by atoms with E-state index in [1.807, 2.05) is 48.7 Å². The van der Waals surface area contributed by atoms with Crippen molar-refractivity contribution in [2.24, 2.45) is 0 Å². The van der Waals surface area contributed by atoms with Gasteiger partial charge < -0.3 is 5.32 Å². The maximum atomic E-state index is 13.0. The minimum atomic E-state index is -0.146. The van der Waals surface area contributed by atoms with Crippen molar-refractivity contribution in [1.29, 1.82) is 0 Å². The van der Waals surface area contributed by atoms with E-state index in [2.05, 4.69) is 48.2 Å². The van der Waals surface area contributed by atoms with Gasteiger partial charge in [0.2, 0.25) is 0 Å². The average molecular weight is 428 g/mol. The molecular formula is C26H25N3OS. The smallest absolute Gasteiger partial charge is 0.258 e. The Hall–Kier alpha value is -3.18. The summed E-state index contributed by atoms with van der Waals surface area (Å²) in [6.45, 7) is 6.42. The first-order chi connectivity index (χ1) is 15.0. The van der Waals surface area contributed by atoms with Gasteiger partial charge in [0, 0.05) is 29.2 Å². The summed E-state index contributed by atoms with van der Waals surface area (Å²) >= 11 is 1.56. The largest absolute Gasteiger partial charge is 0.322 e. The normalized spacial score (nSPS) is 11.1. The SMILES string of the molecule is Cc1cc(NC(=O)c2cccnc2SCc2ccnc3ccccc23)ccc1C(C)C. The number of benzene rings is 2. The van der Waals surface area contributed by atoms with Gasteiger partial charge in [-0.1, -0.05) is 38.1 Å². The van der Waals surface area contributed by atoms with Crippen LogP contribution in [0.4, 0.5) is 5.69 Å². The van der Waals surface area contributed by atoms with Gasteiger partial charge in [-0.05, 0) is 65.9 Å². The molecule has 156 valence electrons. The van der Waals surface area contributed by atoms with Gasteiger partial charge in [0.05, 0.1) is 11.1 Å². The van der Waals surface area contributed by atoms with E-state index in [0.717, 1.165) is 21.6 Å². The molecule has 5 heteroatoms. The molecule has 2 aromatic heterocycles. The number of fused-ring (bicyclic) bond motifs is 1. The lowest BCUT2D eigenvalue weighted by molar-refractivity contribution is 0.102. The zero-order chi connectivity index (χ0) is 21.8. The number of aryl methyl sites for hydroxylation is 1. The Morgan fingerprint density at radius 3 is 2.65 bits per heavy atom. The number of carbonyl (C=O) groups is 1. The molecule has 0 aliphatic heterocycles. The summed E-state index contributed by atoms with van der Waals surface area (Å²) in [4.78, 5) is 21.9. The number of carbonyl (C=O) groups excluding carboxylic acids is 1. The molecule has 0 saturated carbocycles. The molecule has 0 spiro atoms. The van der Waals surface area contributed by atoms with Crippen molar-refractivity contribution < 1.29 is 4.79 Å². The second-order valence-corrected chi connectivity index (χ2v) is 8.78. The number of pyridine rings is 2. The van der Waals surface area contributed by atoms with Crippen LogP contribution in [0.1, 0.15) is 46.8 Å². The molecule has 0 radical (unpaired) electrons. The lowest BCUT2D eigenvalue weighted by Gasteiger charge is -2.13. The summed E-state index contributed by atoms with van der Waals surface area (Å²) in [5, 5.41) is 4.88. The van der Waals surface area contributed by atoms with Crippen LogP contribution in [0.2, 0.25) is 0 Å². The van der Waals surface area contributed by atoms with Gasteiger partial charge in [-0.25, -0.2) is 4.98 Å². The van der Waals surface area contributed by atoms with Crippen LogP contribution in [0.25, 0.3) is 10.9 Å². The van der Waals surface area contributed by atoms with Crippen LogP contribution in [0.15, 0.2) is 78.1 Å². The highest BCUT2D eigenvalue weighted by atomic mass is 32.2. The van der Waals surface area contributed by atoms with Crippen molar-refractivity contribution in [3.8, 4) is 0 Å². The molecular weight excluding hydrogens is 402 g/mol. The van der Waals surface area contributed by atoms with Crippen LogP contribution in [-0.2, 0) is 5.75 Å². The van der Waals surface area contributed by atoms with E-state index in [9.17, 15) is 4.79 Å². The van der Waals surface area contributed by atoms with Crippen LogP contribution >= 0.6 is 11.8 Å². The number of para-hydroxylation sites is 1. The first kappa shape index (κ1) is 21.1. The Balaban J connectivity index is 1.53. The number of hydrogen-bond acceptors (Lipinski definition) is 4. The topological polar surface area (TPSA) is 54.9 Å². The minimum Gasteiger partial charge on any atom is -0.322 e. The zero-order valence-electron chi connectivity index (χ0n) is 17.9. The van der Waals surface area contributed by atoms with Gasteiger partial charge in [0.15, 0.2) is 0 Å².